The molecule has 0 bridgehead atoms. The van der Waals surface area contributed by atoms with Crippen molar-refractivity contribution in [3.8, 4) is 0 Å². The van der Waals surface area contributed by atoms with Gasteiger partial charge in [0.15, 0.2) is 5.01 Å². The summed E-state index contributed by atoms with van der Waals surface area (Å²) >= 11 is 1.29. The topological polar surface area (TPSA) is 123 Å². The molecule has 0 spiro atoms. The molecule has 0 atom stereocenters. The lowest BCUT2D eigenvalue weighted by molar-refractivity contribution is 0.0997. The van der Waals surface area contributed by atoms with Gasteiger partial charge in [-0.05, 0) is 42.0 Å². The van der Waals surface area contributed by atoms with Crippen molar-refractivity contribution in [2.24, 2.45) is 5.73 Å². The van der Waals surface area contributed by atoms with Gasteiger partial charge < -0.3 is 22.1 Å². The summed E-state index contributed by atoms with van der Waals surface area (Å²) in [5.74, 6) is -0.781. The Bertz CT molecular complexity index is 1270. The van der Waals surface area contributed by atoms with E-state index >= 15 is 0 Å². The van der Waals surface area contributed by atoms with E-state index in [-0.39, 0.29) is 10.9 Å². The number of carbonyl (C=O) groups is 2. The van der Waals surface area contributed by atoms with Crippen molar-refractivity contribution < 1.29 is 9.59 Å². The summed E-state index contributed by atoms with van der Waals surface area (Å²) in [6.45, 7) is 0.531. The Balaban J connectivity index is 1.47. The van der Waals surface area contributed by atoms with E-state index in [9.17, 15) is 9.59 Å². The first-order chi connectivity index (χ1) is 16.0. The zero-order valence-electron chi connectivity index (χ0n) is 17.7. The molecule has 2 amide bonds. The second kappa shape index (κ2) is 9.97. The maximum absolute atomic E-state index is 12.6. The average Bonchev–Trinajstić information content (AvgIpc) is 3.23. The Morgan fingerprint density at radius 3 is 2.30 bits per heavy atom. The molecule has 1 heterocycles. The monoisotopic (exact) mass is 457 g/mol. The molecular weight excluding hydrogens is 434 g/mol. The molecule has 0 aliphatic carbocycles. The Labute approximate surface area is 195 Å². The number of primary amides is 1. The number of nitrogen functional groups attached to an aromatic ring is 1. The molecule has 7 nitrogen and oxygen atoms in total. The number of anilines is 3. The summed E-state index contributed by atoms with van der Waals surface area (Å²) in [5.41, 5.74) is 15.7. The Morgan fingerprint density at radius 2 is 1.61 bits per heavy atom. The number of para-hydroxylation sites is 3. The molecule has 0 fully saturated rings. The molecule has 3 aromatic carbocycles. The molecule has 4 aromatic rings. The van der Waals surface area contributed by atoms with E-state index in [0.717, 1.165) is 21.8 Å². The molecule has 4 rings (SSSR count). The molecule has 0 unspecified atom stereocenters. The first-order valence-electron chi connectivity index (χ1n) is 10.3. The van der Waals surface area contributed by atoms with Crippen molar-refractivity contribution in [1.29, 1.82) is 0 Å². The molecule has 0 aliphatic heterocycles. The van der Waals surface area contributed by atoms with E-state index in [4.69, 9.17) is 11.5 Å². The first-order valence-corrected chi connectivity index (χ1v) is 11.1. The quantitative estimate of drug-likeness (QED) is 0.294. The zero-order valence-corrected chi connectivity index (χ0v) is 18.6. The maximum Gasteiger partial charge on any atom is 0.277 e. The van der Waals surface area contributed by atoms with Crippen LogP contribution in [-0.4, -0.2) is 16.8 Å². The highest BCUT2D eigenvalue weighted by atomic mass is 32.1. The molecule has 1 aromatic heterocycles. The van der Waals surface area contributed by atoms with Gasteiger partial charge in [-0.25, -0.2) is 4.98 Å². The summed E-state index contributed by atoms with van der Waals surface area (Å²) in [6.07, 6.45) is 0.517. The second-order valence-corrected chi connectivity index (χ2v) is 8.47. The summed E-state index contributed by atoms with van der Waals surface area (Å²) < 4.78 is 0. The fraction of sp³-hybridized carbons (Fsp3) is 0.0800. The molecule has 0 saturated heterocycles. The molecule has 166 valence electrons. The molecule has 0 radical (unpaired) electrons. The predicted octanol–water partition coefficient (Wildman–Crippen LogP) is 4.28. The second-order valence-electron chi connectivity index (χ2n) is 7.39. The highest BCUT2D eigenvalue weighted by Crippen LogP contribution is 2.23. The van der Waals surface area contributed by atoms with Gasteiger partial charge in [0.2, 0.25) is 0 Å². The number of hydrogen-bond donors (Lipinski definition) is 4. The van der Waals surface area contributed by atoms with Gasteiger partial charge in [0.25, 0.3) is 11.8 Å². The molecule has 0 saturated carbocycles. The largest absolute Gasteiger partial charge is 0.397 e. The third-order valence-corrected chi connectivity index (χ3v) is 6.12. The van der Waals surface area contributed by atoms with Crippen LogP contribution in [0.25, 0.3) is 0 Å². The van der Waals surface area contributed by atoms with Gasteiger partial charge >= 0.3 is 0 Å². The fourth-order valence-electron chi connectivity index (χ4n) is 3.28. The van der Waals surface area contributed by atoms with E-state index in [2.05, 4.69) is 15.6 Å². The molecule has 33 heavy (non-hydrogen) atoms. The number of nitrogens with zero attached hydrogens (tertiary/aromatic N) is 1. The molecule has 0 aliphatic rings. The predicted molar refractivity (Wildman–Crippen MR) is 132 cm³/mol. The van der Waals surface area contributed by atoms with E-state index in [0.29, 0.717) is 29.9 Å². The number of amides is 2. The van der Waals surface area contributed by atoms with Gasteiger partial charge in [-0.15, -0.1) is 11.3 Å². The summed E-state index contributed by atoms with van der Waals surface area (Å²) in [7, 11) is 0. The van der Waals surface area contributed by atoms with Crippen LogP contribution in [-0.2, 0) is 13.0 Å². The van der Waals surface area contributed by atoms with Gasteiger partial charge in [-0.2, -0.15) is 0 Å². The Kier molecular flexibility index (Phi) is 6.66. The average molecular weight is 458 g/mol. The van der Waals surface area contributed by atoms with E-state index in [1.807, 2.05) is 54.6 Å². The number of carbonyl (C=O) groups excluding carboxylic acids is 2. The zero-order chi connectivity index (χ0) is 23.2. The smallest absolute Gasteiger partial charge is 0.277 e. The number of hydrogen-bond acceptors (Lipinski definition) is 6. The lowest BCUT2D eigenvalue weighted by atomic mass is 10.1. The van der Waals surface area contributed by atoms with Crippen molar-refractivity contribution in [2.75, 3.05) is 16.4 Å². The maximum atomic E-state index is 12.6. The van der Waals surface area contributed by atoms with Gasteiger partial charge in [0.1, 0.15) is 0 Å². The van der Waals surface area contributed by atoms with Crippen LogP contribution in [0.3, 0.4) is 0 Å². The van der Waals surface area contributed by atoms with Crippen LogP contribution >= 0.6 is 11.3 Å². The summed E-state index contributed by atoms with van der Waals surface area (Å²) in [5, 5.41) is 6.45. The summed E-state index contributed by atoms with van der Waals surface area (Å²) in [4.78, 5) is 29.6. The third-order valence-electron chi connectivity index (χ3n) is 5.01. The summed E-state index contributed by atoms with van der Waals surface area (Å²) in [6, 6.07) is 24.2. The van der Waals surface area contributed by atoms with Crippen molar-refractivity contribution >= 4 is 40.2 Å². The van der Waals surface area contributed by atoms with E-state index < -0.39 is 5.91 Å². The fourth-order valence-corrected chi connectivity index (χ4v) is 4.15. The van der Waals surface area contributed by atoms with Gasteiger partial charge in [-0.3, -0.25) is 9.59 Å². The highest BCUT2D eigenvalue weighted by Gasteiger charge is 2.16. The normalized spacial score (nSPS) is 10.5. The van der Waals surface area contributed by atoms with E-state index in [1.54, 1.807) is 24.3 Å². The van der Waals surface area contributed by atoms with Crippen molar-refractivity contribution in [3.05, 3.63) is 106 Å². The number of rotatable bonds is 8. The van der Waals surface area contributed by atoms with Gasteiger partial charge in [0, 0.05) is 22.5 Å². The van der Waals surface area contributed by atoms with Crippen LogP contribution in [0.4, 0.5) is 17.1 Å². The van der Waals surface area contributed by atoms with Crippen LogP contribution < -0.4 is 22.1 Å². The Hall–Kier alpha value is -4.17. The molecule has 6 N–H and O–H groups in total. The van der Waals surface area contributed by atoms with Crippen LogP contribution in [0.2, 0.25) is 0 Å². The third kappa shape index (κ3) is 5.55. The van der Waals surface area contributed by atoms with Gasteiger partial charge in [0.05, 0.1) is 23.6 Å². The minimum absolute atomic E-state index is 0.239. The number of nitrogens with one attached hydrogen (secondary N) is 2. The van der Waals surface area contributed by atoms with Crippen LogP contribution in [0.5, 0.6) is 0 Å². The minimum Gasteiger partial charge on any atom is -0.397 e. The number of thiazole rings is 1. The number of aromatic nitrogens is 1. The van der Waals surface area contributed by atoms with Crippen LogP contribution in [0.1, 0.15) is 36.3 Å². The first kappa shape index (κ1) is 22.0. The highest BCUT2D eigenvalue weighted by molar-refractivity contribution is 7.13. The van der Waals surface area contributed by atoms with Crippen molar-refractivity contribution in [1.82, 2.24) is 4.98 Å². The van der Waals surface area contributed by atoms with Crippen molar-refractivity contribution in [3.63, 3.8) is 0 Å². The lowest BCUT2D eigenvalue weighted by Gasteiger charge is -2.09. The van der Waals surface area contributed by atoms with Gasteiger partial charge in [-0.1, -0.05) is 42.5 Å². The molecular formula is C25H23N5O2S. The SMILES string of the molecule is NC(=O)c1nc(Cc2ccc(C(=O)Nc3ccccc3N)cc2)c(CNc2ccccc2)s1. The Morgan fingerprint density at radius 1 is 0.909 bits per heavy atom. The van der Waals surface area contributed by atoms with Crippen molar-refractivity contribution in [2.45, 2.75) is 13.0 Å². The number of benzene rings is 3. The van der Waals surface area contributed by atoms with Crippen LogP contribution in [0.15, 0.2) is 78.9 Å². The van der Waals surface area contributed by atoms with E-state index in [1.165, 1.54) is 11.3 Å². The lowest BCUT2D eigenvalue weighted by Crippen LogP contribution is -2.13. The van der Waals surface area contributed by atoms with Crippen LogP contribution in [0, 0.1) is 0 Å². The standard InChI is InChI=1S/C25H23N5O2S/c26-19-8-4-5-9-20(19)29-24(32)17-12-10-16(11-13-17)14-21-22(33-25(30-21)23(27)31)15-28-18-6-2-1-3-7-18/h1-13,28H,14-15,26H2,(H2,27,31)(H,29,32). The number of nitrogens with two attached hydrogens (primary N) is 2. The minimum atomic E-state index is -0.542. The molecule has 8 heteroatoms.